The third-order valence-corrected chi connectivity index (χ3v) is 3.69. The van der Waals surface area contributed by atoms with Crippen molar-refractivity contribution in [3.63, 3.8) is 0 Å². The number of anilines is 1. The summed E-state index contributed by atoms with van der Waals surface area (Å²) < 4.78 is 12.2. The van der Waals surface area contributed by atoms with Gasteiger partial charge in [-0.25, -0.2) is 4.21 Å². The normalized spacial score (nSPS) is 12.3. The van der Waals surface area contributed by atoms with Crippen LogP contribution in [0, 0.1) is 12.3 Å². The number of para-hydroxylation sites is 1. The Hall–Kier alpha value is -1.53. The van der Waals surface area contributed by atoms with Gasteiger partial charge in [-0.2, -0.15) is 0 Å². The van der Waals surface area contributed by atoms with Crippen molar-refractivity contribution < 1.29 is 4.21 Å². The summed E-state index contributed by atoms with van der Waals surface area (Å²) in [4.78, 5) is 2.81. The third-order valence-electron chi connectivity index (χ3n) is 2.48. The second-order valence-electron chi connectivity index (χ2n) is 4.13. The molecule has 96 valence electrons. The maximum atomic E-state index is 12.2. The standard InChI is InChI=1S/C15H19NOS/c1-4-5-6-7-10-13-18(17)15-12-9-8-11-14(15)16(2)3/h1,8-13H,5-7H2,2-3H3/b13-10+. The Labute approximate surface area is 112 Å². The van der Waals surface area contributed by atoms with Crippen LogP contribution in [0.5, 0.6) is 0 Å². The Morgan fingerprint density at radius 3 is 2.78 bits per heavy atom. The summed E-state index contributed by atoms with van der Waals surface area (Å²) in [7, 11) is 2.81. The first kappa shape index (κ1) is 14.5. The summed E-state index contributed by atoms with van der Waals surface area (Å²) in [6, 6.07) is 7.73. The second kappa shape index (κ2) is 7.73. The van der Waals surface area contributed by atoms with E-state index in [4.69, 9.17) is 6.42 Å². The summed E-state index contributed by atoms with van der Waals surface area (Å²) in [5.41, 5.74) is 0.990. The fourth-order valence-electron chi connectivity index (χ4n) is 1.55. The Balaban J connectivity index is 2.70. The fourth-order valence-corrected chi connectivity index (χ4v) is 2.67. The van der Waals surface area contributed by atoms with E-state index < -0.39 is 10.8 Å². The smallest absolute Gasteiger partial charge is 0.0793 e. The number of nitrogens with zero attached hydrogens (tertiary/aromatic N) is 1. The van der Waals surface area contributed by atoms with E-state index in [1.54, 1.807) is 5.41 Å². The van der Waals surface area contributed by atoms with Crippen molar-refractivity contribution in [2.45, 2.75) is 24.2 Å². The first-order valence-electron chi connectivity index (χ1n) is 5.94. The van der Waals surface area contributed by atoms with Gasteiger partial charge >= 0.3 is 0 Å². The van der Waals surface area contributed by atoms with E-state index in [-0.39, 0.29) is 0 Å². The topological polar surface area (TPSA) is 20.3 Å². The monoisotopic (exact) mass is 261 g/mol. The highest BCUT2D eigenvalue weighted by molar-refractivity contribution is 7.88. The molecule has 0 N–H and O–H groups in total. The maximum Gasteiger partial charge on any atom is 0.0793 e. The van der Waals surface area contributed by atoms with Crippen LogP contribution in [0.1, 0.15) is 19.3 Å². The van der Waals surface area contributed by atoms with E-state index in [1.807, 2.05) is 49.3 Å². The van der Waals surface area contributed by atoms with Gasteiger partial charge in [-0.15, -0.1) is 12.3 Å². The van der Waals surface area contributed by atoms with Crippen molar-refractivity contribution in [2.24, 2.45) is 0 Å². The van der Waals surface area contributed by atoms with Crippen LogP contribution in [0.25, 0.3) is 0 Å². The Morgan fingerprint density at radius 1 is 1.39 bits per heavy atom. The molecule has 0 saturated heterocycles. The van der Waals surface area contributed by atoms with E-state index in [0.717, 1.165) is 29.8 Å². The summed E-state index contributed by atoms with van der Waals surface area (Å²) in [5, 5.41) is 1.75. The van der Waals surface area contributed by atoms with Gasteiger partial charge < -0.3 is 4.90 Å². The van der Waals surface area contributed by atoms with Crippen LogP contribution in [-0.2, 0) is 10.8 Å². The van der Waals surface area contributed by atoms with Gasteiger partial charge in [-0.1, -0.05) is 18.2 Å². The number of rotatable bonds is 6. The zero-order chi connectivity index (χ0) is 13.4. The quantitative estimate of drug-likeness (QED) is 0.579. The Morgan fingerprint density at radius 2 is 2.11 bits per heavy atom. The Kier molecular flexibility index (Phi) is 6.24. The molecule has 1 aromatic carbocycles. The van der Waals surface area contributed by atoms with Crippen molar-refractivity contribution in [3.05, 3.63) is 35.7 Å². The molecule has 0 aromatic heterocycles. The number of hydrogen-bond donors (Lipinski definition) is 0. The molecule has 0 aliphatic carbocycles. The molecule has 1 aromatic rings. The van der Waals surface area contributed by atoms with Crippen molar-refractivity contribution in [2.75, 3.05) is 19.0 Å². The lowest BCUT2D eigenvalue weighted by Gasteiger charge is -2.15. The fraction of sp³-hybridized carbons (Fsp3) is 0.333. The predicted octanol–water partition coefficient (Wildman–Crippen LogP) is 3.18. The van der Waals surface area contributed by atoms with Gasteiger partial charge in [0.05, 0.1) is 21.4 Å². The molecular formula is C15H19NOS. The van der Waals surface area contributed by atoms with Crippen LogP contribution in [0.2, 0.25) is 0 Å². The minimum Gasteiger partial charge on any atom is -0.377 e. The minimum absolute atomic E-state index is 0.769. The molecule has 1 unspecified atom stereocenters. The molecule has 0 aliphatic rings. The molecule has 0 heterocycles. The van der Waals surface area contributed by atoms with Crippen molar-refractivity contribution in [1.82, 2.24) is 0 Å². The van der Waals surface area contributed by atoms with Crippen LogP contribution >= 0.6 is 0 Å². The van der Waals surface area contributed by atoms with Gasteiger partial charge in [0.25, 0.3) is 0 Å². The SMILES string of the molecule is C#CCCC/C=C/S(=O)c1ccccc1N(C)C. The zero-order valence-electron chi connectivity index (χ0n) is 10.9. The van der Waals surface area contributed by atoms with E-state index in [0.29, 0.717) is 0 Å². The average Bonchev–Trinajstić information content (AvgIpc) is 2.38. The molecule has 0 aliphatic heterocycles. The number of unbranched alkanes of at least 4 members (excludes halogenated alkanes) is 2. The molecule has 3 heteroatoms. The first-order valence-corrected chi connectivity index (χ1v) is 7.15. The molecule has 0 radical (unpaired) electrons. The van der Waals surface area contributed by atoms with Gasteiger partial charge in [-0.05, 0) is 25.0 Å². The van der Waals surface area contributed by atoms with Crippen molar-refractivity contribution in [1.29, 1.82) is 0 Å². The molecule has 0 amide bonds. The molecule has 0 bridgehead atoms. The lowest BCUT2D eigenvalue weighted by atomic mass is 10.2. The van der Waals surface area contributed by atoms with Crippen LogP contribution in [0.3, 0.4) is 0 Å². The zero-order valence-corrected chi connectivity index (χ0v) is 11.7. The average molecular weight is 261 g/mol. The molecular weight excluding hydrogens is 242 g/mol. The number of allylic oxidation sites excluding steroid dienone is 1. The Bertz CT molecular complexity index is 472. The summed E-state index contributed by atoms with van der Waals surface area (Å²) in [6.45, 7) is 0. The lowest BCUT2D eigenvalue weighted by molar-refractivity contribution is 0.688. The van der Waals surface area contributed by atoms with Crippen molar-refractivity contribution in [3.8, 4) is 12.3 Å². The van der Waals surface area contributed by atoms with Gasteiger partial charge in [0.1, 0.15) is 0 Å². The van der Waals surface area contributed by atoms with Crippen LogP contribution in [0.4, 0.5) is 5.69 Å². The lowest BCUT2D eigenvalue weighted by Crippen LogP contribution is -2.11. The minimum atomic E-state index is -1.09. The van der Waals surface area contributed by atoms with Gasteiger partial charge in [0.15, 0.2) is 0 Å². The van der Waals surface area contributed by atoms with Crippen LogP contribution in [-0.4, -0.2) is 18.3 Å². The molecule has 2 nitrogen and oxygen atoms in total. The third kappa shape index (κ3) is 4.38. The molecule has 0 saturated carbocycles. The highest BCUT2D eigenvalue weighted by Crippen LogP contribution is 2.22. The number of benzene rings is 1. The second-order valence-corrected chi connectivity index (χ2v) is 5.43. The molecule has 0 fully saturated rings. The van der Waals surface area contributed by atoms with Gasteiger partial charge in [0, 0.05) is 25.9 Å². The van der Waals surface area contributed by atoms with Gasteiger partial charge in [0.2, 0.25) is 0 Å². The van der Waals surface area contributed by atoms with Crippen LogP contribution in [0.15, 0.2) is 40.6 Å². The highest BCUT2D eigenvalue weighted by atomic mass is 32.2. The van der Waals surface area contributed by atoms with Crippen molar-refractivity contribution >= 4 is 16.5 Å². The largest absolute Gasteiger partial charge is 0.377 e. The predicted molar refractivity (Wildman–Crippen MR) is 79.0 cm³/mol. The number of terminal acetylenes is 1. The molecule has 18 heavy (non-hydrogen) atoms. The summed E-state index contributed by atoms with van der Waals surface area (Å²) in [6.07, 6.45) is 9.71. The van der Waals surface area contributed by atoms with E-state index in [9.17, 15) is 4.21 Å². The summed E-state index contributed by atoms with van der Waals surface area (Å²) in [5.74, 6) is 2.60. The molecule has 1 atom stereocenters. The molecule has 0 spiro atoms. The maximum absolute atomic E-state index is 12.2. The van der Waals surface area contributed by atoms with E-state index in [2.05, 4.69) is 5.92 Å². The van der Waals surface area contributed by atoms with Crippen LogP contribution < -0.4 is 4.90 Å². The summed E-state index contributed by atoms with van der Waals surface area (Å²) >= 11 is 0. The number of hydrogen-bond acceptors (Lipinski definition) is 2. The molecule has 1 rings (SSSR count). The highest BCUT2D eigenvalue weighted by Gasteiger charge is 2.07. The van der Waals surface area contributed by atoms with Gasteiger partial charge in [-0.3, -0.25) is 0 Å². The first-order chi connectivity index (χ1) is 8.66. The van der Waals surface area contributed by atoms with E-state index >= 15 is 0 Å². The van der Waals surface area contributed by atoms with E-state index in [1.165, 1.54) is 0 Å².